The first kappa shape index (κ1) is 21.4. The Morgan fingerprint density at radius 1 is 1.15 bits per heavy atom. The number of rotatable bonds is 8. The van der Waals surface area contributed by atoms with Gasteiger partial charge in [0.1, 0.15) is 11.7 Å². The molecular weight excluding hydrogens is 344 g/mol. The molecule has 5 nitrogen and oxygen atoms in total. The van der Waals surface area contributed by atoms with E-state index < -0.39 is 17.1 Å². The van der Waals surface area contributed by atoms with Crippen LogP contribution in [0.1, 0.15) is 65.4 Å². The minimum absolute atomic E-state index is 0.0669. The van der Waals surface area contributed by atoms with Crippen LogP contribution in [0.3, 0.4) is 0 Å². The number of benzene rings is 1. The van der Waals surface area contributed by atoms with Crippen LogP contribution >= 0.6 is 0 Å². The van der Waals surface area contributed by atoms with Gasteiger partial charge in [0.2, 0.25) is 0 Å². The van der Waals surface area contributed by atoms with Crippen LogP contribution in [0.15, 0.2) is 30.3 Å². The normalized spacial score (nSPS) is 17.8. The molecule has 1 aliphatic heterocycles. The van der Waals surface area contributed by atoms with E-state index in [4.69, 9.17) is 14.2 Å². The van der Waals surface area contributed by atoms with E-state index in [9.17, 15) is 9.59 Å². The molecule has 0 aromatic heterocycles. The van der Waals surface area contributed by atoms with E-state index in [2.05, 4.69) is 0 Å². The van der Waals surface area contributed by atoms with Crippen LogP contribution in [-0.4, -0.2) is 31.3 Å². The van der Waals surface area contributed by atoms with Crippen LogP contribution in [0.4, 0.5) is 0 Å². The zero-order chi connectivity index (χ0) is 19.9. The third-order valence-corrected chi connectivity index (χ3v) is 5.47. The Morgan fingerprint density at radius 2 is 1.78 bits per heavy atom. The number of carbonyl (C=O) groups is 2. The van der Waals surface area contributed by atoms with Crippen molar-refractivity contribution in [1.82, 2.24) is 0 Å². The molecule has 1 saturated heterocycles. The standard InChI is InChI=1S/C22H32O5/c1-5-18(26-20(24)21(3,4)6-2)16-19(23)27-22(12-14-25-15-13-22)17-10-8-7-9-11-17/h7-11,18H,5-6,12-16H2,1-4H3. The Bertz CT molecular complexity index is 617. The SMILES string of the molecule is CCC(CC(=O)OC1(c2ccccc2)CCOCC1)OC(=O)C(C)(C)CC. The first-order valence-corrected chi connectivity index (χ1v) is 9.89. The summed E-state index contributed by atoms with van der Waals surface area (Å²) >= 11 is 0. The van der Waals surface area contributed by atoms with Gasteiger partial charge in [-0.25, -0.2) is 0 Å². The molecule has 1 aromatic rings. The highest BCUT2D eigenvalue weighted by atomic mass is 16.6. The Labute approximate surface area is 162 Å². The molecule has 2 rings (SSSR count). The number of ether oxygens (including phenoxy) is 3. The smallest absolute Gasteiger partial charge is 0.311 e. The molecule has 1 fully saturated rings. The van der Waals surface area contributed by atoms with Gasteiger partial charge in [0.25, 0.3) is 0 Å². The van der Waals surface area contributed by atoms with Gasteiger partial charge in [0.15, 0.2) is 0 Å². The van der Waals surface area contributed by atoms with Crippen LogP contribution in [0.5, 0.6) is 0 Å². The van der Waals surface area contributed by atoms with Crippen LogP contribution in [0.25, 0.3) is 0 Å². The number of carbonyl (C=O) groups excluding carboxylic acids is 2. The monoisotopic (exact) mass is 376 g/mol. The molecule has 1 aromatic carbocycles. The Kier molecular flexibility index (Phi) is 7.42. The highest BCUT2D eigenvalue weighted by Gasteiger charge is 2.39. The lowest BCUT2D eigenvalue weighted by atomic mass is 9.86. The van der Waals surface area contributed by atoms with Crippen molar-refractivity contribution in [2.75, 3.05) is 13.2 Å². The highest BCUT2D eigenvalue weighted by Crippen LogP contribution is 2.36. The first-order chi connectivity index (χ1) is 12.8. The van der Waals surface area contributed by atoms with Crippen molar-refractivity contribution in [3.05, 3.63) is 35.9 Å². The van der Waals surface area contributed by atoms with Gasteiger partial charge < -0.3 is 14.2 Å². The summed E-state index contributed by atoms with van der Waals surface area (Å²) in [6.07, 6.45) is 2.11. The molecule has 1 unspecified atom stereocenters. The van der Waals surface area contributed by atoms with E-state index in [0.29, 0.717) is 38.9 Å². The second kappa shape index (κ2) is 9.36. The summed E-state index contributed by atoms with van der Waals surface area (Å²) < 4.78 is 17.0. The summed E-state index contributed by atoms with van der Waals surface area (Å²) in [7, 11) is 0. The molecule has 1 aliphatic rings. The fourth-order valence-corrected chi connectivity index (χ4v) is 3.06. The fraction of sp³-hybridized carbons (Fsp3) is 0.636. The van der Waals surface area contributed by atoms with Gasteiger partial charge in [-0.3, -0.25) is 9.59 Å². The van der Waals surface area contributed by atoms with Crippen molar-refractivity contribution in [2.45, 2.75) is 71.5 Å². The lowest BCUT2D eigenvalue weighted by molar-refractivity contribution is -0.177. The van der Waals surface area contributed by atoms with Crippen molar-refractivity contribution in [3.63, 3.8) is 0 Å². The largest absolute Gasteiger partial charge is 0.461 e. The maximum absolute atomic E-state index is 12.7. The first-order valence-electron chi connectivity index (χ1n) is 9.89. The minimum atomic E-state index is -0.665. The van der Waals surface area contributed by atoms with Crippen LogP contribution in [-0.2, 0) is 29.4 Å². The maximum atomic E-state index is 12.7. The van der Waals surface area contributed by atoms with Gasteiger partial charge in [-0.1, -0.05) is 44.2 Å². The Balaban J connectivity index is 2.05. The predicted molar refractivity (Wildman–Crippen MR) is 103 cm³/mol. The molecule has 0 saturated carbocycles. The van der Waals surface area contributed by atoms with E-state index in [1.54, 1.807) is 0 Å². The third kappa shape index (κ3) is 5.55. The quantitative estimate of drug-likeness (QED) is 0.630. The topological polar surface area (TPSA) is 61.8 Å². The van der Waals surface area contributed by atoms with E-state index in [-0.39, 0.29) is 18.4 Å². The molecule has 150 valence electrons. The lowest BCUT2D eigenvalue weighted by Crippen LogP contribution is -2.39. The number of hydrogen-bond donors (Lipinski definition) is 0. The van der Waals surface area contributed by atoms with Gasteiger partial charge in [-0.2, -0.15) is 0 Å². The van der Waals surface area contributed by atoms with E-state index >= 15 is 0 Å². The van der Waals surface area contributed by atoms with E-state index in [0.717, 1.165) is 5.56 Å². The summed E-state index contributed by atoms with van der Waals surface area (Å²) in [6, 6.07) is 9.81. The summed E-state index contributed by atoms with van der Waals surface area (Å²) in [6.45, 7) is 8.68. The van der Waals surface area contributed by atoms with E-state index in [1.807, 2.05) is 58.0 Å². The minimum Gasteiger partial charge on any atom is -0.461 e. The Hall–Kier alpha value is -1.88. The average molecular weight is 376 g/mol. The average Bonchev–Trinajstić information content (AvgIpc) is 2.68. The summed E-state index contributed by atoms with van der Waals surface area (Å²) in [5, 5.41) is 0. The summed E-state index contributed by atoms with van der Waals surface area (Å²) in [4.78, 5) is 25.0. The zero-order valence-corrected chi connectivity index (χ0v) is 17.0. The van der Waals surface area contributed by atoms with Crippen molar-refractivity contribution >= 4 is 11.9 Å². The van der Waals surface area contributed by atoms with Gasteiger partial charge in [0, 0.05) is 12.8 Å². The summed E-state index contributed by atoms with van der Waals surface area (Å²) in [5.74, 6) is -0.608. The van der Waals surface area contributed by atoms with Crippen LogP contribution < -0.4 is 0 Å². The number of esters is 2. The molecule has 0 bridgehead atoms. The predicted octanol–water partition coefficient (Wildman–Crippen LogP) is 4.38. The molecule has 0 radical (unpaired) electrons. The molecule has 1 atom stereocenters. The second-order valence-electron chi connectivity index (χ2n) is 7.82. The van der Waals surface area contributed by atoms with Crippen LogP contribution in [0, 0.1) is 5.41 Å². The van der Waals surface area contributed by atoms with E-state index in [1.165, 1.54) is 0 Å². The Morgan fingerprint density at radius 3 is 2.33 bits per heavy atom. The maximum Gasteiger partial charge on any atom is 0.311 e. The molecule has 0 aliphatic carbocycles. The van der Waals surface area contributed by atoms with Crippen molar-refractivity contribution in [1.29, 1.82) is 0 Å². The second-order valence-corrected chi connectivity index (χ2v) is 7.82. The zero-order valence-electron chi connectivity index (χ0n) is 17.0. The molecular formula is C22H32O5. The van der Waals surface area contributed by atoms with Crippen molar-refractivity contribution in [2.24, 2.45) is 5.41 Å². The molecule has 0 N–H and O–H groups in total. The molecule has 0 amide bonds. The van der Waals surface area contributed by atoms with Crippen LogP contribution in [0.2, 0.25) is 0 Å². The lowest BCUT2D eigenvalue weighted by Gasteiger charge is -2.37. The third-order valence-electron chi connectivity index (χ3n) is 5.47. The van der Waals surface area contributed by atoms with Crippen molar-refractivity contribution in [3.8, 4) is 0 Å². The molecule has 1 heterocycles. The van der Waals surface area contributed by atoms with Gasteiger partial charge in [-0.15, -0.1) is 0 Å². The molecule has 0 spiro atoms. The molecule has 27 heavy (non-hydrogen) atoms. The number of hydrogen-bond acceptors (Lipinski definition) is 5. The fourth-order valence-electron chi connectivity index (χ4n) is 3.06. The van der Waals surface area contributed by atoms with Gasteiger partial charge in [0.05, 0.1) is 25.0 Å². The van der Waals surface area contributed by atoms with Crippen molar-refractivity contribution < 1.29 is 23.8 Å². The summed E-state index contributed by atoms with van der Waals surface area (Å²) in [5.41, 5.74) is -0.232. The van der Waals surface area contributed by atoms with Gasteiger partial charge in [-0.05, 0) is 32.3 Å². The highest BCUT2D eigenvalue weighted by molar-refractivity contribution is 5.77. The molecule has 5 heteroatoms. The van der Waals surface area contributed by atoms with Gasteiger partial charge >= 0.3 is 11.9 Å².